The van der Waals surface area contributed by atoms with E-state index in [1.54, 1.807) is 11.8 Å². The molecule has 0 radical (unpaired) electrons. The average molecular weight is 460 g/mol. The fourth-order valence-electron chi connectivity index (χ4n) is 6.04. The highest BCUT2D eigenvalue weighted by molar-refractivity contribution is 8.02. The summed E-state index contributed by atoms with van der Waals surface area (Å²) < 4.78 is -0.647. The first kappa shape index (κ1) is 23.1. The van der Waals surface area contributed by atoms with Crippen LogP contribution in [0.15, 0.2) is 30.3 Å². The number of β-amino-alcohol motifs (C(OH)–C–C–N with tert-alkyl or cyclic N) is 1. The molecule has 3 amide bonds. The van der Waals surface area contributed by atoms with Gasteiger partial charge < -0.3 is 20.6 Å². The third kappa shape index (κ3) is 3.61. The van der Waals surface area contributed by atoms with Crippen molar-refractivity contribution in [2.45, 2.75) is 62.1 Å². The Morgan fingerprint density at radius 3 is 2.66 bits per heavy atom. The van der Waals surface area contributed by atoms with Gasteiger partial charge in [-0.15, -0.1) is 11.8 Å². The molecule has 4 unspecified atom stereocenters. The van der Waals surface area contributed by atoms with Gasteiger partial charge in [-0.3, -0.25) is 14.4 Å². The number of hydrogen-bond donors (Lipinski definition) is 3. The molecule has 0 saturated carbocycles. The van der Waals surface area contributed by atoms with Crippen molar-refractivity contribution in [1.82, 2.24) is 10.2 Å². The van der Waals surface area contributed by atoms with Crippen molar-refractivity contribution in [3.05, 3.63) is 30.3 Å². The second-order valence-corrected chi connectivity index (χ2v) is 10.9. The Kier molecular flexibility index (Phi) is 6.54. The largest absolute Gasteiger partial charge is 0.395 e. The van der Waals surface area contributed by atoms with Crippen LogP contribution in [0.3, 0.4) is 0 Å². The van der Waals surface area contributed by atoms with Gasteiger partial charge in [0, 0.05) is 23.5 Å². The van der Waals surface area contributed by atoms with Gasteiger partial charge in [0.25, 0.3) is 0 Å². The van der Waals surface area contributed by atoms with Crippen molar-refractivity contribution in [3.8, 4) is 0 Å². The van der Waals surface area contributed by atoms with Crippen LogP contribution in [0.4, 0.5) is 5.69 Å². The van der Waals surface area contributed by atoms with Crippen molar-refractivity contribution in [2.75, 3.05) is 18.5 Å². The van der Waals surface area contributed by atoms with E-state index in [4.69, 9.17) is 0 Å². The van der Waals surface area contributed by atoms with E-state index in [1.165, 1.54) is 4.90 Å². The fraction of sp³-hybridized carbons (Fsp3) is 0.625. The normalized spacial score (nSPS) is 33.8. The smallest absolute Gasteiger partial charge is 0.244 e. The van der Waals surface area contributed by atoms with Gasteiger partial charge in [0.15, 0.2) is 0 Å². The third-order valence-corrected chi connectivity index (χ3v) is 9.37. The van der Waals surface area contributed by atoms with Gasteiger partial charge >= 0.3 is 0 Å². The summed E-state index contributed by atoms with van der Waals surface area (Å²) in [7, 11) is 0. The number of amides is 3. The zero-order chi connectivity index (χ0) is 23.0. The second-order valence-electron chi connectivity index (χ2n) is 9.36. The highest BCUT2D eigenvalue weighted by atomic mass is 32.2. The monoisotopic (exact) mass is 459 g/mol. The summed E-state index contributed by atoms with van der Waals surface area (Å²) in [5.41, 5.74) is 0.702. The van der Waals surface area contributed by atoms with Crippen LogP contribution in [0, 0.1) is 17.8 Å². The Bertz CT molecular complexity index is 881. The highest BCUT2D eigenvalue weighted by Gasteiger charge is 2.75. The predicted molar refractivity (Wildman–Crippen MR) is 125 cm³/mol. The lowest BCUT2D eigenvalue weighted by Gasteiger charge is -2.39. The van der Waals surface area contributed by atoms with Crippen LogP contribution in [0.5, 0.6) is 0 Å². The summed E-state index contributed by atoms with van der Waals surface area (Å²) in [6.07, 6.45) is 2.60. The van der Waals surface area contributed by atoms with E-state index >= 15 is 0 Å². The molecule has 3 heterocycles. The molecule has 3 aliphatic heterocycles. The Morgan fingerprint density at radius 1 is 1.28 bits per heavy atom. The molecule has 2 bridgehead atoms. The summed E-state index contributed by atoms with van der Waals surface area (Å²) >= 11 is 1.65. The molecule has 32 heavy (non-hydrogen) atoms. The number of benzene rings is 1. The quantitative estimate of drug-likeness (QED) is 0.554. The molecule has 7 nitrogen and oxygen atoms in total. The first-order chi connectivity index (χ1) is 15.3. The maximum absolute atomic E-state index is 13.6. The minimum Gasteiger partial charge on any atom is -0.395 e. The molecule has 3 fully saturated rings. The van der Waals surface area contributed by atoms with Gasteiger partial charge in [-0.05, 0) is 37.8 Å². The lowest BCUT2D eigenvalue weighted by atomic mass is 9.65. The average Bonchev–Trinajstić information content (AvgIpc) is 3.33. The van der Waals surface area contributed by atoms with Gasteiger partial charge in [0.1, 0.15) is 6.04 Å². The molecular formula is C24H33N3O4S. The van der Waals surface area contributed by atoms with Gasteiger partial charge in [-0.1, -0.05) is 38.5 Å². The maximum atomic E-state index is 13.6. The number of carbonyl (C=O) groups excluding carboxylic acids is 3. The number of nitrogens with zero attached hydrogens (tertiary/aromatic N) is 1. The van der Waals surface area contributed by atoms with Crippen molar-refractivity contribution in [1.29, 1.82) is 0 Å². The molecular weight excluding hydrogens is 426 g/mol. The fourth-order valence-corrected chi connectivity index (χ4v) is 8.46. The summed E-state index contributed by atoms with van der Waals surface area (Å²) in [4.78, 5) is 42.0. The SMILES string of the molecule is CCCC(C)NC(=O)C1N(CCO)C(=O)[C@@H]2[C@@H](C(=O)Nc3ccccc3)[C@H]3CC(C)C12S3. The lowest BCUT2D eigenvalue weighted by molar-refractivity contribution is -0.139. The minimum absolute atomic E-state index is 0.00213. The Morgan fingerprint density at radius 2 is 2.00 bits per heavy atom. The number of fused-ring (bicyclic) bond motifs is 1. The molecule has 0 aliphatic carbocycles. The number of carbonyl (C=O) groups is 3. The Labute approximate surface area is 193 Å². The molecule has 1 aromatic carbocycles. The van der Waals surface area contributed by atoms with E-state index in [1.807, 2.05) is 37.3 Å². The van der Waals surface area contributed by atoms with E-state index in [2.05, 4.69) is 24.5 Å². The number of likely N-dealkylation sites (tertiary alicyclic amines) is 1. The molecule has 7 atom stereocenters. The number of aliphatic hydroxyl groups is 1. The zero-order valence-electron chi connectivity index (χ0n) is 18.9. The van der Waals surface area contributed by atoms with Crippen LogP contribution in [0.25, 0.3) is 0 Å². The minimum atomic E-state index is -0.675. The summed E-state index contributed by atoms with van der Waals surface area (Å²) in [6, 6.07) is 8.59. The molecule has 4 rings (SSSR count). The lowest BCUT2D eigenvalue weighted by Crippen LogP contribution is -2.57. The molecule has 3 aliphatic rings. The third-order valence-electron chi connectivity index (χ3n) is 7.29. The van der Waals surface area contributed by atoms with Crippen LogP contribution in [0.2, 0.25) is 0 Å². The van der Waals surface area contributed by atoms with Gasteiger partial charge in [-0.2, -0.15) is 0 Å². The number of anilines is 1. The molecule has 174 valence electrons. The van der Waals surface area contributed by atoms with Crippen molar-refractivity contribution in [3.63, 3.8) is 0 Å². The van der Waals surface area contributed by atoms with E-state index in [9.17, 15) is 19.5 Å². The topological polar surface area (TPSA) is 98.7 Å². The van der Waals surface area contributed by atoms with Gasteiger partial charge in [0.05, 0.1) is 23.2 Å². The Hall–Kier alpha value is -2.06. The molecule has 1 spiro atoms. The van der Waals surface area contributed by atoms with E-state index in [-0.39, 0.29) is 48.1 Å². The standard InChI is InChI=1S/C24H33N3O4S/c1-4-8-15(3)25-22(30)20-24-14(2)13-17(32-24)18(19(24)23(31)27(20)11-12-28)21(29)26-16-9-6-5-7-10-16/h5-7,9-10,14-15,17-20,28H,4,8,11-13H2,1-3H3,(H,25,30)(H,26,29)/t14?,15?,17-,18+,19+,20?,24?/m1/s1. The van der Waals surface area contributed by atoms with Crippen LogP contribution in [-0.4, -0.2) is 63.0 Å². The second kappa shape index (κ2) is 9.06. The summed E-state index contributed by atoms with van der Waals surface area (Å²) in [6.45, 7) is 6.02. The zero-order valence-corrected chi connectivity index (χ0v) is 19.7. The van der Waals surface area contributed by atoms with Crippen molar-refractivity contribution >= 4 is 35.2 Å². The van der Waals surface area contributed by atoms with E-state index in [0.717, 1.165) is 19.3 Å². The number of aliphatic hydroxyl groups excluding tert-OH is 1. The number of hydrogen-bond acceptors (Lipinski definition) is 5. The summed E-state index contributed by atoms with van der Waals surface area (Å²) in [5, 5.41) is 15.7. The number of rotatable bonds is 8. The van der Waals surface area contributed by atoms with Crippen molar-refractivity contribution < 1.29 is 19.5 Å². The van der Waals surface area contributed by atoms with Crippen LogP contribution >= 0.6 is 11.8 Å². The number of para-hydroxylation sites is 1. The van der Waals surface area contributed by atoms with E-state index < -0.39 is 22.6 Å². The van der Waals surface area contributed by atoms with Crippen LogP contribution < -0.4 is 10.6 Å². The number of thioether (sulfide) groups is 1. The van der Waals surface area contributed by atoms with E-state index in [0.29, 0.717) is 5.69 Å². The highest BCUT2D eigenvalue weighted by Crippen LogP contribution is 2.68. The number of nitrogens with one attached hydrogen (secondary N) is 2. The maximum Gasteiger partial charge on any atom is 0.244 e. The molecule has 8 heteroatoms. The summed E-state index contributed by atoms with van der Waals surface area (Å²) in [5.74, 6) is -1.44. The molecule has 3 N–H and O–H groups in total. The van der Waals surface area contributed by atoms with Crippen LogP contribution in [-0.2, 0) is 14.4 Å². The van der Waals surface area contributed by atoms with Crippen molar-refractivity contribution in [2.24, 2.45) is 17.8 Å². The molecule has 3 saturated heterocycles. The Balaban J connectivity index is 1.66. The molecule has 1 aromatic rings. The first-order valence-corrected chi connectivity index (χ1v) is 12.5. The first-order valence-electron chi connectivity index (χ1n) is 11.6. The van der Waals surface area contributed by atoms with Gasteiger partial charge in [-0.25, -0.2) is 0 Å². The predicted octanol–water partition coefficient (Wildman–Crippen LogP) is 2.26. The van der Waals surface area contributed by atoms with Gasteiger partial charge in [0.2, 0.25) is 17.7 Å². The molecule has 0 aromatic heterocycles. The van der Waals surface area contributed by atoms with Crippen LogP contribution in [0.1, 0.15) is 40.0 Å².